The quantitative estimate of drug-likeness (QED) is 0.343. The molecule has 0 N–H and O–H groups in total. The normalized spacial score (nSPS) is 8.57. The molecule has 3 heteroatoms. The van der Waals surface area contributed by atoms with Crippen molar-refractivity contribution < 1.29 is 31.0 Å². The Hall–Kier alpha value is 1.31. The number of nitrogens with zero attached hydrogens (tertiary/aromatic N) is 1. The summed E-state index contributed by atoms with van der Waals surface area (Å²) in [5.41, 5.74) is 0. The fraction of sp³-hybridized carbons (Fsp3) is 1.00. The van der Waals surface area contributed by atoms with Crippen LogP contribution in [0, 0.1) is 0 Å². The van der Waals surface area contributed by atoms with Crippen LogP contribution in [0.2, 0.25) is 0 Å². The van der Waals surface area contributed by atoms with Crippen LogP contribution in [0.4, 0.5) is 0 Å². The minimum Gasteiger partial charge on any atom is -1.00 e. The Morgan fingerprint density at radius 1 is 1.43 bits per heavy atom. The first-order valence-electron chi connectivity index (χ1n) is 2.25. The molecule has 0 aliphatic rings. The predicted molar refractivity (Wildman–Crippen MR) is 33.0 cm³/mol. The zero-order valence-electron chi connectivity index (χ0n) is 6.31. The molecule has 0 aromatic rings. The minimum absolute atomic E-state index is 0. The molecule has 0 aromatic carbocycles. The van der Waals surface area contributed by atoms with Crippen molar-refractivity contribution >= 4 is 12.8 Å². The van der Waals surface area contributed by atoms with Crippen molar-refractivity contribution in [1.82, 2.24) is 4.31 Å². The van der Waals surface area contributed by atoms with Gasteiger partial charge in [-0.05, 0) is 0 Å². The third-order valence-corrected chi connectivity index (χ3v) is 1.30. The van der Waals surface area contributed by atoms with Crippen molar-refractivity contribution in [1.29, 1.82) is 0 Å². The predicted octanol–water partition coefficient (Wildman–Crippen LogP) is -1.71. The maximum Gasteiger partial charge on any atom is 1.00 e. The van der Waals surface area contributed by atoms with Gasteiger partial charge in [0.25, 0.3) is 0 Å². The molecule has 0 aliphatic heterocycles. The topological polar surface area (TPSA) is 3.24 Å². The zero-order valence-corrected chi connectivity index (χ0v) is 8.20. The van der Waals surface area contributed by atoms with E-state index in [1.165, 1.54) is 0 Å². The van der Waals surface area contributed by atoms with E-state index < -0.39 is 0 Å². The Labute approximate surface area is 74.8 Å². The maximum absolute atomic E-state index is 4.06. The van der Waals surface area contributed by atoms with E-state index >= 15 is 0 Å². The maximum atomic E-state index is 4.06. The van der Waals surface area contributed by atoms with Crippen LogP contribution >= 0.6 is 12.8 Å². The van der Waals surface area contributed by atoms with Crippen LogP contribution in [0.25, 0.3) is 0 Å². The van der Waals surface area contributed by atoms with Gasteiger partial charge in [-0.2, -0.15) is 0 Å². The van der Waals surface area contributed by atoms with Crippen molar-refractivity contribution in [3.63, 3.8) is 0 Å². The van der Waals surface area contributed by atoms with Gasteiger partial charge in [0.15, 0.2) is 0 Å². The van der Waals surface area contributed by atoms with Crippen LogP contribution in [0.3, 0.4) is 0 Å². The molecule has 0 saturated heterocycles. The van der Waals surface area contributed by atoms with Gasteiger partial charge in [-0.25, -0.2) is 0 Å². The molecule has 0 unspecified atom stereocenters. The van der Waals surface area contributed by atoms with Gasteiger partial charge < -0.3 is 1.43 Å². The minimum atomic E-state index is 0. The first kappa shape index (κ1) is 11.2. The molecule has 0 amide bonds. The van der Waals surface area contributed by atoms with E-state index in [4.69, 9.17) is 0 Å². The molecule has 7 heavy (non-hydrogen) atoms. The van der Waals surface area contributed by atoms with E-state index in [1.807, 2.05) is 4.31 Å². The molecule has 0 bridgehead atoms. The van der Waals surface area contributed by atoms with Crippen molar-refractivity contribution in [3.8, 4) is 0 Å². The molecular weight excluding hydrogens is 117 g/mol. The first-order valence-corrected chi connectivity index (χ1v) is 2.65. The van der Waals surface area contributed by atoms with Gasteiger partial charge in [0, 0.05) is 13.1 Å². The van der Waals surface area contributed by atoms with E-state index in [-0.39, 0.29) is 31.0 Å². The summed E-state index contributed by atoms with van der Waals surface area (Å²) in [4.78, 5) is 0. The number of hydrogen-bond acceptors (Lipinski definition) is 2. The molecule has 0 spiro atoms. The van der Waals surface area contributed by atoms with Crippen LogP contribution < -0.4 is 29.6 Å². The van der Waals surface area contributed by atoms with Crippen LogP contribution in [-0.2, 0) is 0 Å². The Morgan fingerprint density at radius 2 is 1.71 bits per heavy atom. The van der Waals surface area contributed by atoms with E-state index in [2.05, 4.69) is 26.7 Å². The molecule has 40 valence electrons. The second-order valence-electron chi connectivity index (χ2n) is 1.14. The molecule has 0 radical (unpaired) electrons. The summed E-state index contributed by atoms with van der Waals surface area (Å²) in [6, 6.07) is 0. The first-order chi connectivity index (χ1) is 2.81. The van der Waals surface area contributed by atoms with Crippen molar-refractivity contribution in [2.45, 2.75) is 13.8 Å². The molecule has 0 aliphatic carbocycles. The van der Waals surface area contributed by atoms with E-state index in [0.29, 0.717) is 0 Å². The average Bonchev–Trinajstić information content (AvgIpc) is 1.65. The fourth-order valence-corrected chi connectivity index (χ4v) is 0.224. The summed E-state index contributed by atoms with van der Waals surface area (Å²) in [5, 5.41) is 0. The molecule has 0 aromatic heterocycles. The van der Waals surface area contributed by atoms with E-state index in [9.17, 15) is 0 Å². The largest absolute Gasteiger partial charge is 1.00 e. The van der Waals surface area contributed by atoms with Crippen molar-refractivity contribution in [2.75, 3.05) is 13.1 Å². The van der Waals surface area contributed by atoms with E-state index in [0.717, 1.165) is 13.1 Å². The molecule has 0 fully saturated rings. The molecule has 0 saturated carbocycles. The van der Waals surface area contributed by atoms with Crippen molar-refractivity contribution in [3.05, 3.63) is 0 Å². The summed E-state index contributed by atoms with van der Waals surface area (Å²) in [6.45, 7) is 6.21. The molecule has 0 atom stereocenters. The smallest absolute Gasteiger partial charge is 1.00 e. The SMILES string of the molecule is CCN(S)CC.[H-].[Na+]. The fourth-order valence-electron chi connectivity index (χ4n) is 0.224. The van der Waals surface area contributed by atoms with Gasteiger partial charge in [-0.3, -0.25) is 4.31 Å². The van der Waals surface area contributed by atoms with E-state index in [1.54, 1.807) is 0 Å². The van der Waals surface area contributed by atoms with Gasteiger partial charge in [-0.1, -0.05) is 26.7 Å². The van der Waals surface area contributed by atoms with Crippen LogP contribution in [-0.4, -0.2) is 17.4 Å². The third-order valence-electron chi connectivity index (χ3n) is 0.730. The van der Waals surface area contributed by atoms with Crippen LogP contribution in [0.15, 0.2) is 0 Å². The van der Waals surface area contributed by atoms with Crippen molar-refractivity contribution in [2.24, 2.45) is 0 Å². The number of thiol groups is 1. The van der Waals surface area contributed by atoms with Crippen LogP contribution in [0.5, 0.6) is 0 Å². The Kier molecular flexibility index (Phi) is 11.6. The standard InChI is InChI=1S/C4H11NS.Na.H/c1-3-5(6)4-2;;/h6H,3-4H2,1-2H3;;/q;+1;-1. The number of rotatable bonds is 2. The molecule has 0 rings (SSSR count). The van der Waals surface area contributed by atoms with Crippen LogP contribution in [0.1, 0.15) is 15.3 Å². The number of hydrogen-bond donors (Lipinski definition) is 1. The summed E-state index contributed by atoms with van der Waals surface area (Å²) in [7, 11) is 0. The average molecular weight is 129 g/mol. The summed E-state index contributed by atoms with van der Waals surface area (Å²) in [5.74, 6) is 0. The molecular formula is C4H12NNaS. The third kappa shape index (κ3) is 7.31. The second kappa shape index (κ2) is 7.31. The Balaban J connectivity index is -0.000000125. The van der Waals surface area contributed by atoms with Gasteiger partial charge in [-0.15, -0.1) is 0 Å². The monoisotopic (exact) mass is 129 g/mol. The summed E-state index contributed by atoms with van der Waals surface area (Å²) >= 11 is 4.06. The van der Waals surface area contributed by atoms with Gasteiger partial charge in [0.2, 0.25) is 0 Å². The van der Waals surface area contributed by atoms with Gasteiger partial charge in [0.1, 0.15) is 0 Å². The Morgan fingerprint density at radius 3 is 1.71 bits per heavy atom. The Bertz CT molecular complexity index is 35.2. The second-order valence-corrected chi connectivity index (χ2v) is 1.70. The summed E-state index contributed by atoms with van der Waals surface area (Å²) < 4.78 is 1.94. The molecule has 1 nitrogen and oxygen atoms in total. The molecule has 0 heterocycles. The zero-order chi connectivity index (χ0) is 4.99. The summed E-state index contributed by atoms with van der Waals surface area (Å²) in [6.07, 6.45) is 0. The van der Waals surface area contributed by atoms with Gasteiger partial charge >= 0.3 is 29.6 Å². The van der Waals surface area contributed by atoms with Gasteiger partial charge in [0.05, 0.1) is 0 Å².